The molecule has 0 bridgehead atoms. The van der Waals surface area contributed by atoms with Crippen LogP contribution in [0.5, 0.6) is 5.88 Å². The first-order valence-electron chi connectivity index (χ1n) is 3.31. The van der Waals surface area contributed by atoms with Crippen LogP contribution >= 0.6 is 0 Å². The minimum Gasteiger partial charge on any atom is -0.493 e. The lowest BCUT2D eigenvalue weighted by atomic mass is 10.4. The molecule has 0 fully saturated rings. The molecule has 12 heavy (non-hydrogen) atoms. The second kappa shape index (κ2) is 3.34. The molecule has 1 heterocycles. The summed E-state index contributed by atoms with van der Waals surface area (Å²) in [5.74, 6) is -0.273. The quantitative estimate of drug-likeness (QED) is 0.708. The van der Waals surface area contributed by atoms with Crippen molar-refractivity contribution in [3.63, 3.8) is 0 Å². The summed E-state index contributed by atoms with van der Waals surface area (Å²) in [6.07, 6.45) is -1.19. The Balaban J connectivity index is 2.91. The van der Waals surface area contributed by atoms with Crippen LogP contribution in [0.15, 0.2) is 18.7 Å². The van der Waals surface area contributed by atoms with Crippen molar-refractivity contribution in [2.24, 2.45) is 0 Å². The van der Waals surface area contributed by atoms with Crippen molar-refractivity contribution < 1.29 is 13.9 Å². The van der Waals surface area contributed by atoms with Gasteiger partial charge in [-0.05, 0) is 0 Å². The molecular weight excluding hydrogens is 166 g/mol. The van der Waals surface area contributed by atoms with Crippen LogP contribution in [0.2, 0.25) is 0 Å². The topological polar surface area (TPSA) is 38.0 Å². The minimum absolute atomic E-state index is 0.221. The Morgan fingerprint density at radius 2 is 2.42 bits per heavy atom. The van der Waals surface area contributed by atoms with Crippen LogP contribution in [-0.4, -0.2) is 14.9 Å². The molecule has 3 nitrogen and oxygen atoms in total. The van der Waals surface area contributed by atoms with Crippen molar-refractivity contribution in [3.8, 4) is 5.88 Å². The number of halogens is 2. The van der Waals surface area contributed by atoms with Gasteiger partial charge in [-0.3, -0.25) is 0 Å². The summed E-state index contributed by atoms with van der Waals surface area (Å²) in [6.45, 7) is 3.61. The largest absolute Gasteiger partial charge is 0.493 e. The number of nitrogens with zero attached hydrogens (tertiary/aromatic N) is 2. The first-order valence-corrected chi connectivity index (χ1v) is 3.31. The molecule has 0 aliphatic rings. The summed E-state index contributed by atoms with van der Waals surface area (Å²) < 4.78 is 25.0. The van der Waals surface area contributed by atoms with Gasteiger partial charge in [0.05, 0.1) is 6.54 Å². The predicted octanol–water partition coefficient (Wildman–Crippen LogP) is 1.71. The van der Waals surface area contributed by atoms with E-state index in [1.807, 2.05) is 0 Å². The van der Waals surface area contributed by atoms with E-state index in [0.717, 1.165) is 10.7 Å². The second-order valence-corrected chi connectivity index (χ2v) is 2.20. The normalized spacial score (nSPS) is 10.6. The van der Waals surface area contributed by atoms with E-state index in [2.05, 4.69) is 11.7 Å². The Morgan fingerprint density at radius 1 is 1.75 bits per heavy atom. The first-order chi connectivity index (χ1) is 5.65. The molecule has 1 aromatic rings. The van der Waals surface area contributed by atoms with E-state index >= 15 is 0 Å². The van der Waals surface area contributed by atoms with Crippen molar-refractivity contribution in [3.05, 3.63) is 24.4 Å². The molecule has 1 N–H and O–H groups in total. The van der Waals surface area contributed by atoms with E-state index < -0.39 is 12.1 Å². The number of aromatic hydroxyl groups is 1. The fraction of sp³-hybridized carbons (Fsp3) is 0.286. The zero-order chi connectivity index (χ0) is 9.14. The van der Waals surface area contributed by atoms with E-state index in [1.54, 1.807) is 0 Å². The molecule has 0 spiro atoms. The molecule has 0 saturated heterocycles. The standard InChI is InChI=1S/C7H8F2N2O/c1-2-3-11-6(12)4-5(10-11)7(8)9/h2,4,7,12H,1,3H2. The van der Waals surface area contributed by atoms with Gasteiger partial charge >= 0.3 is 0 Å². The van der Waals surface area contributed by atoms with Crippen LogP contribution in [0.3, 0.4) is 0 Å². The highest BCUT2D eigenvalue weighted by Gasteiger charge is 2.13. The van der Waals surface area contributed by atoms with Crippen LogP contribution < -0.4 is 0 Å². The molecule has 0 radical (unpaired) electrons. The first kappa shape index (κ1) is 8.70. The van der Waals surface area contributed by atoms with Gasteiger partial charge < -0.3 is 5.11 Å². The minimum atomic E-state index is -2.65. The smallest absolute Gasteiger partial charge is 0.282 e. The summed E-state index contributed by atoms with van der Waals surface area (Å²) in [5.41, 5.74) is -0.422. The molecule has 0 atom stereocenters. The molecule has 5 heteroatoms. The van der Waals surface area contributed by atoms with Crippen molar-refractivity contribution in [1.29, 1.82) is 0 Å². The maximum Gasteiger partial charge on any atom is 0.282 e. The molecule has 66 valence electrons. The average Bonchev–Trinajstić information content (AvgIpc) is 2.34. The Labute approximate surface area is 67.9 Å². The van der Waals surface area contributed by atoms with Gasteiger partial charge in [-0.25, -0.2) is 13.5 Å². The van der Waals surface area contributed by atoms with Gasteiger partial charge in [0.2, 0.25) is 5.88 Å². The van der Waals surface area contributed by atoms with Gasteiger partial charge in [0.15, 0.2) is 0 Å². The summed E-state index contributed by atoms with van der Waals surface area (Å²) in [5, 5.41) is 12.5. The number of alkyl halides is 2. The van der Waals surface area contributed by atoms with Gasteiger partial charge in [0, 0.05) is 6.07 Å². The van der Waals surface area contributed by atoms with E-state index in [1.165, 1.54) is 6.08 Å². The fourth-order valence-electron chi connectivity index (χ4n) is 0.790. The van der Waals surface area contributed by atoms with Gasteiger partial charge in [0.25, 0.3) is 6.43 Å². The summed E-state index contributed by atoms with van der Waals surface area (Å²) in [7, 11) is 0. The Morgan fingerprint density at radius 3 is 2.83 bits per heavy atom. The molecule has 0 saturated carbocycles. The average molecular weight is 174 g/mol. The lowest BCUT2D eigenvalue weighted by Gasteiger charge is -1.95. The third-order valence-corrected chi connectivity index (χ3v) is 1.30. The molecule has 0 amide bonds. The number of aromatic nitrogens is 2. The van der Waals surface area contributed by atoms with Crippen molar-refractivity contribution in [2.75, 3.05) is 0 Å². The lowest BCUT2D eigenvalue weighted by Crippen LogP contribution is -1.97. The van der Waals surface area contributed by atoms with Gasteiger partial charge in [-0.15, -0.1) is 6.58 Å². The molecule has 0 aromatic carbocycles. The highest BCUT2D eigenvalue weighted by molar-refractivity contribution is 5.15. The number of hydrogen-bond donors (Lipinski definition) is 1. The number of allylic oxidation sites excluding steroid dienone is 1. The summed E-state index contributed by atoms with van der Waals surface area (Å²) >= 11 is 0. The van der Waals surface area contributed by atoms with Crippen LogP contribution in [0, 0.1) is 0 Å². The van der Waals surface area contributed by atoms with Crippen LogP contribution in [0.1, 0.15) is 12.1 Å². The lowest BCUT2D eigenvalue weighted by molar-refractivity contribution is 0.145. The van der Waals surface area contributed by atoms with Crippen LogP contribution in [-0.2, 0) is 6.54 Å². The monoisotopic (exact) mass is 174 g/mol. The van der Waals surface area contributed by atoms with E-state index in [-0.39, 0.29) is 12.4 Å². The van der Waals surface area contributed by atoms with Crippen LogP contribution in [0.4, 0.5) is 8.78 Å². The predicted molar refractivity (Wildman–Crippen MR) is 39.0 cm³/mol. The van der Waals surface area contributed by atoms with Gasteiger partial charge in [0.1, 0.15) is 5.69 Å². The van der Waals surface area contributed by atoms with Crippen molar-refractivity contribution in [1.82, 2.24) is 9.78 Å². The van der Waals surface area contributed by atoms with E-state index in [0.29, 0.717) is 0 Å². The Bertz CT molecular complexity index is 283. The highest BCUT2D eigenvalue weighted by Crippen LogP contribution is 2.21. The Hall–Kier alpha value is -1.39. The van der Waals surface area contributed by atoms with Crippen molar-refractivity contribution in [2.45, 2.75) is 13.0 Å². The summed E-state index contributed by atoms with van der Waals surface area (Å²) in [4.78, 5) is 0. The molecular formula is C7H8F2N2O. The zero-order valence-electron chi connectivity index (χ0n) is 6.24. The third-order valence-electron chi connectivity index (χ3n) is 1.30. The SMILES string of the molecule is C=CCn1nc(C(F)F)cc1O. The van der Waals surface area contributed by atoms with Gasteiger partial charge in [-0.1, -0.05) is 6.08 Å². The molecule has 0 unspecified atom stereocenters. The second-order valence-electron chi connectivity index (χ2n) is 2.20. The fourth-order valence-corrected chi connectivity index (χ4v) is 0.790. The summed E-state index contributed by atoms with van der Waals surface area (Å²) in [6, 6.07) is 0.939. The Kier molecular flexibility index (Phi) is 2.42. The number of rotatable bonds is 3. The molecule has 1 rings (SSSR count). The van der Waals surface area contributed by atoms with Crippen molar-refractivity contribution >= 4 is 0 Å². The molecule has 1 aromatic heterocycles. The van der Waals surface area contributed by atoms with Crippen LogP contribution in [0.25, 0.3) is 0 Å². The van der Waals surface area contributed by atoms with E-state index in [4.69, 9.17) is 5.11 Å². The van der Waals surface area contributed by atoms with E-state index in [9.17, 15) is 8.78 Å². The molecule has 0 aliphatic carbocycles. The number of hydrogen-bond acceptors (Lipinski definition) is 2. The maximum atomic E-state index is 12.0. The molecule has 0 aliphatic heterocycles. The zero-order valence-corrected chi connectivity index (χ0v) is 6.24. The maximum absolute atomic E-state index is 12.0. The third kappa shape index (κ3) is 1.61. The highest BCUT2D eigenvalue weighted by atomic mass is 19.3. The van der Waals surface area contributed by atoms with Gasteiger partial charge in [-0.2, -0.15) is 5.10 Å².